The van der Waals surface area contributed by atoms with Crippen molar-refractivity contribution in [2.24, 2.45) is 5.73 Å². The Morgan fingerprint density at radius 3 is 1.00 bits per heavy atom. The molecule has 0 unspecified atom stereocenters. The first-order valence-electron chi connectivity index (χ1n) is 4.48. The number of rotatable bonds is 7. The first kappa shape index (κ1) is 28.5. The van der Waals surface area contributed by atoms with Gasteiger partial charge in [-0.05, 0) is 0 Å². The van der Waals surface area contributed by atoms with Gasteiger partial charge in [-0.3, -0.25) is 24.1 Å². The number of nitrogens with two attached hydrogens (primary N) is 1. The Balaban J connectivity index is -0.000000158. The zero-order valence-electron chi connectivity index (χ0n) is 9.27. The number of hydrogen-bond donors (Lipinski definition) is 5. The van der Waals surface area contributed by atoms with Crippen LogP contribution in [0.4, 0.5) is 0 Å². The van der Waals surface area contributed by atoms with Gasteiger partial charge in [-0.25, -0.2) is 0 Å². The van der Waals surface area contributed by atoms with Crippen molar-refractivity contribution in [3.8, 4) is 0 Å². The van der Waals surface area contributed by atoms with E-state index in [0.717, 1.165) is 4.90 Å². The Labute approximate surface area is 173 Å². The Morgan fingerprint density at radius 1 is 0.700 bits per heavy atom. The first-order valence-corrected chi connectivity index (χ1v) is 4.48. The van der Waals surface area contributed by atoms with Gasteiger partial charge >= 0.3 is 99.4 Å². The number of nitrogens with zero attached hydrogens (tertiary/aromatic N) is 1. The fraction of sp³-hybridized carbons (Fsp3) is 0.500. The molecule has 0 saturated heterocycles. The zero-order chi connectivity index (χ0) is 14.7. The maximum absolute atomic E-state index is 10.1. The molecular formula is C8H18Ca2N2O8. The van der Waals surface area contributed by atoms with Gasteiger partial charge in [-0.1, -0.05) is 0 Å². The fourth-order valence-electron chi connectivity index (χ4n) is 0.742. The molecule has 0 aromatic rings. The van der Waals surface area contributed by atoms with Crippen LogP contribution >= 0.6 is 0 Å². The quantitative estimate of drug-likeness (QED) is 0.282. The third kappa shape index (κ3) is 26.8. The van der Waals surface area contributed by atoms with Crippen LogP contribution in [0.15, 0.2) is 0 Å². The van der Waals surface area contributed by atoms with Crippen LogP contribution in [0.25, 0.3) is 0 Å². The van der Waals surface area contributed by atoms with E-state index in [2.05, 4.69) is 5.73 Å². The molecule has 0 aliphatic rings. The van der Waals surface area contributed by atoms with Crippen molar-refractivity contribution < 1.29 is 39.6 Å². The van der Waals surface area contributed by atoms with Crippen LogP contribution in [0.2, 0.25) is 0 Å². The van der Waals surface area contributed by atoms with E-state index in [1.54, 1.807) is 0 Å². The van der Waals surface area contributed by atoms with Crippen LogP contribution in [-0.4, -0.2) is 151 Å². The molecule has 12 heteroatoms. The third-order valence-corrected chi connectivity index (χ3v) is 1.25. The van der Waals surface area contributed by atoms with Crippen LogP contribution in [0.3, 0.4) is 0 Å². The summed E-state index contributed by atoms with van der Waals surface area (Å²) in [5.74, 6) is -4.75. The van der Waals surface area contributed by atoms with Crippen molar-refractivity contribution in [2.75, 3.05) is 26.2 Å². The summed E-state index contributed by atoms with van der Waals surface area (Å²) in [6, 6.07) is 0. The van der Waals surface area contributed by atoms with Crippen LogP contribution in [0, 0.1) is 0 Å². The molecule has 0 spiro atoms. The summed E-state index contributed by atoms with van der Waals surface area (Å²) in [6.07, 6.45) is 0. The number of hydrogen-bond acceptors (Lipinski definition) is 6. The van der Waals surface area contributed by atoms with E-state index in [-0.39, 0.29) is 82.0 Å². The summed E-state index contributed by atoms with van der Waals surface area (Å²) in [4.78, 5) is 40.5. The van der Waals surface area contributed by atoms with Gasteiger partial charge < -0.3 is 26.2 Å². The second-order valence-electron chi connectivity index (χ2n) is 2.92. The molecule has 0 bridgehead atoms. The monoisotopic (exact) mass is 350 g/mol. The predicted molar refractivity (Wildman–Crippen MR) is 73.1 cm³/mol. The molecule has 0 radical (unpaired) electrons. The van der Waals surface area contributed by atoms with Gasteiger partial charge in [0, 0.05) is 0 Å². The molecule has 0 aromatic carbocycles. The Hall–Kier alpha value is 0.319. The van der Waals surface area contributed by atoms with Gasteiger partial charge in [0.15, 0.2) is 0 Å². The van der Waals surface area contributed by atoms with Crippen LogP contribution in [0.5, 0.6) is 0 Å². The minimum absolute atomic E-state index is 0. The summed E-state index contributed by atoms with van der Waals surface area (Å²) < 4.78 is 0. The topological polar surface area (TPSA) is 178 Å². The molecule has 0 amide bonds. The SMILES string of the molecule is NCC(=O)O.O=C(O)CN(CC(=O)O)CC(=O)O.[CaH2].[CaH2]. The molecular weight excluding hydrogens is 332 g/mol. The van der Waals surface area contributed by atoms with E-state index in [9.17, 15) is 19.2 Å². The molecule has 0 aliphatic heterocycles. The van der Waals surface area contributed by atoms with Gasteiger partial charge in [0.25, 0.3) is 0 Å². The third-order valence-electron chi connectivity index (χ3n) is 1.25. The van der Waals surface area contributed by atoms with Gasteiger partial charge in [0.1, 0.15) is 0 Å². The number of carbonyl (C=O) groups is 4. The normalized spacial score (nSPS) is 8.30. The molecule has 0 fully saturated rings. The molecule has 0 aliphatic carbocycles. The molecule has 10 nitrogen and oxygen atoms in total. The van der Waals surface area contributed by atoms with Gasteiger partial charge in [-0.2, -0.15) is 0 Å². The number of aliphatic carboxylic acids is 4. The van der Waals surface area contributed by atoms with E-state index < -0.39 is 43.5 Å². The summed E-state index contributed by atoms with van der Waals surface area (Å²) in [5, 5.41) is 32.4. The predicted octanol–water partition coefficient (Wildman–Crippen LogP) is -4.26. The Kier molecular flexibility index (Phi) is 24.7. The summed E-state index contributed by atoms with van der Waals surface area (Å²) in [6.45, 7) is -2.07. The summed E-state index contributed by atoms with van der Waals surface area (Å²) >= 11 is 0. The molecule has 0 heterocycles. The number of carboxylic acid groups (broad SMARTS) is 4. The minimum atomic E-state index is -1.26. The zero-order valence-corrected chi connectivity index (χ0v) is 9.27. The standard InChI is InChI=1S/C6H9NO6.C2H5NO2.2Ca.4H/c8-4(9)1-7(2-5(10)11)3-6(12)13;3-1-2(4)5;;;;;;/h1-3H2,(H,8,9)(H,10,11)(H,12,13);1,3H2,(H,4,5);;;;;;. The maximum atomic E-state index is 10.1. The van der Waals surface area contributed by atoms with Crippen molar-refractivity contribution in [1.29, 1.82) is 0 Å². The van der Waals surface area contributed by atoms with Crippen LogP contribution < -0.4 is 5.73 Å². The van der Waals surface area contributed by atoms with E-state index in [1.165, 1.54) is 0 Å². The second-order valence-corrected chi connectivity index (χ2v) is 2.92. The summed E-state index contributed by atoms with van der Waals surface area (Å²) in [7, 11) is 0. The Morgan fingerprint density at radius 2 is 0.900 bits per heavy atom. The molecule has 0 aromatic heterocycles. The van der Waals surface area contributed by atoms with Crippen molar-refractivity contribution in [1.82, 2.24) is 4.90 Å². The van der Waals surface area contributed by atoms with Gasteiger partial charge in [-0.15, -0.1) is 0 Å². The van der Waals surface area contributed by atoms with Crippen molar-refractivity contribution in [3.63, 3.8) is 0 Å². The second kappa shape index (κ2) is 17.4. The van der Waals surface area contributed by atoms with E-state index in [1.807, 2.05) is 0 Å². The van der Waals surface area contributed by atoms with Crippen molar-refractivity contribution >= 4 is 99.4 Å². The van der Waals surface area contributed by atoms with Crippen molar-refractivity contribution in [3.05, 3.63) is 0 Å². The van der Waals surface area contributed by atoms with Crippen LogP contribution in [-0.2, 0) is 19.2 Å². The van der Waals surface area contributed by atoms with E-state index in [0.29, 0.717) is 0 Å². The molecule has 0 saturated carbocycles. The molecule has 20 heavy (non-hydrogen) atoms. The first-order chi connectivity index (χ1) is 8.18. The van der Waals surface area contributed by atoms with Crippen molar-refractivity contribution in [2.45, 2.75) is 0 Å². The van der Waals surface area contributed by atoms with E-state index >= 15 is 0 Å². The summed E-state index contributed by atoms with van der Waals surface area (Å²) in [5.41, 5.74) is 4.57. The molecule has 0 rings (SSSR count). The van der Waals surface area contributed by atoms with E-state index in [4.69, 9.17) is 20.4 Å². The molecule has 0 atom stereocenters. The fourth-order valence-corrected chi connectivity index (χ4v) is 0.742. The number of carboxylic acids is 4. The van der Waals surface area contributed by atoms with Gasteiger partial charge in [0.2, 0.25) is 0 Å². The van der Waals surface area contributed by atoms with Gasteiger partial charge in [0.05, 0.1) is 26.2 Å². The molecule has 6 N–H and O–H groups in total. The average Bonchev–Trinajstić information content (AvgIpc) is 2.14. The Bertz CT molecular complexity index is 288. The average molecular weight is 350 g/mol. The van der Waals surface area contributed by atoms with Crippen LogP contribution in [0.1, 0.15) is 0 Å². The molecule has 112 valence electrons.